The van der Waals surface area contributed by atoms with Crippen molar-refractivity contribution in [2.45, 2.75) is 19.9 Å². The summed E-state index contributed by atoms with van der Waals surface area (Å²) in [5.74, 6) is 1.61. The zero-order valence-corrected chi connectivity index (χ0v) is 10.0. The highest BCUT2D eigenvalue weighted by molar-refractivity contribution is 6.00. The molecule has 1 heterocycles. The first-order chi connectivity index (χ1) is 8.36. The second kappa shape index (κ2) is 5.29. The summed E-state index contributed by atoms with van der Waals surface area (Å²) in [4.78, 5) is 25.9. The Kier molecular flexibility index (Phi) is 4.02. The maximum atomic E-state index is 11.4. The molecule has 6 nitrogen and oxygen atoms in total. The largest absolute Gasteiger partial charge is 0.465 e. The lowest BCUT2D eigenvalue weighted by atomic mass is 9.97. The molecule has 0 aliphatic carbocycles. The molecule has 18 heavy (non-hydrogen) atoms. The number of nitrogens with zero attached hydrogens (tertiary/aromatic N) is 1. The fraction of sp³-hybridized carbons (Fsp3) is 0.250. The van der Waals surface area contributed by atoms with Gasteiger partial charge in [-0.2, -0.15) is 0 Å². The van der Waals surface area contributed by atoms with Crippen LogP contribution in [0.3, 0.4) is 0 Å². The summed E-state index contributed by atoms with van der Waals surface area (Å²) in [5.41, 5.74) is 7.38. The van der Waals surface area contributed by atoms with Gasteiger partial charge in [-0.3, -0.25) is 10.1 Å². The van der Waals surface area contributed by atoms with Crippen LogP contribution >= 0.6 is 0 Å². The number of hydrogen-bond acceptors (Lipinski definition) is 4. The lowest BCUT2D eigenvalue weighted by Gasteiger charge is -2.15. The fourth-order valence-electron chi connectivity index (χ4n) is 1.71. The smallest absolute Gasteiger partial charge is 0.410 e. The van der Waals surface area contributed by atoms with Crippen molar-refractivity contribution in [1.82, 2.24) is 4.98 Å². The number of carbonyl (C=O) groups excluding carboxylic acids is 1. The van der Waals surface area contributed by atoms with Gasteiger partial charge in [0.05, 0.1) is 0 Å². The minimum Gasteiger partial charge on any atom is -0.465 e. The summed E-state index contributed by atoms with van der Waals surface area (Å²) < 4.78 is 0. The van der Waals surface area contributed by atoms with Crippen molar-refractivity contribution in [3.8, 4) is 12.3 Å². The average molecular weight is 247 g/mol. The quantitative estimate of drug-likeness (QED) is 0.545. The Bertz CT molecular complexity index is 523. The number of aromatic nitrogens is 1. The minimum atomic E-state index is -1.21. The first-order valence-electron chi connectivity index (χ1n) is 5.11. The lowest BCUT2D eigenvalue weighted by molar-refractivity contribution is -0.115. The van der Waals surface area contributed by atoms with Crippen LogP contribution in [-0.4, -0.2) is 22.0 Å². The highest BCUT2D eigenvalue weighted by Gasteiger charge is 2.19. The molecule has 0 fully saturated rings. The molecule has 0 spiro atoms. The number of nitrogens with one attached hydrogen (secondary N) is 1. The Morgan fingerprint density at radius 1 is 1.56 bits per heavy atom. The van der Waals surface area contributed by atoms with E-state index in [-0.39, 0.29) is 5.82 Å². The van der Waals surface area contributed by atoms with Crippen molar-refractivity contribution in [1.29, 1.82) is 0 Å². The molecule has 4 N–H and O–H groups in total. The number of ketones is 1. The SMILES string of the molecule is C#CC(=O)C(N)c1c(C)cc(NC(=O)O)nc1C. The predicted octanol–water partition coefficient (Wildman–Crippen LogP) is 0.990. The fourth-order valence-corrected chi connectivity index (χ4v) is 1.71. The standard InChI is InChI=1S/C12H13N3O3/c1-4-8(16)11(13)10-6(2)5-9(14-7(10)3)15-12(17)18/h1,5,11H,13H2,2-3H3,(H,14,15)(H,17,18). The molecule has 0 aromatic carbocycles. The van der Waals surface area contributed by atoms with Gasteiger partial charge in [-0.15, -0.1) is 6.42 Å². The Morgan fingerprint density at radius 3 is 2.61 bits per heavy atom. The van der Waals surface area contributed by atoms with Gasteiger partial charge in [-0.05, 0) is 31.4 Å². The van der Waals surface area contributed by atoms with Crippen LogP contribution in [0.5, 0.6) is 0 Å². The average Bonchev–Trinajstić information content (AvgIpc) is 2.25. The van der Waals surface area contributed by atoms with Crippen molar-refractivity contribution in [3.05, 3.63) is 22.9 Å². The van der Waals surface area contributed by atoms with Gasteiger partial charge in [0.25, 0.3) is 0 Å². The Hall–Kier alpha value is -2.39. The molecule has 1 amide bonds. The molecule has 0 bridgehead atoms. The van der Waals surface area contributed by atoms with Crippen LogP contribution in [0.2, 0.25) is 0 Å². The summed E-state index contributed by atoms with van der Waals surface area (Å²) in [6.45, 7) is 3.35. The Morgan fingerprint density at radius 2 is 2.17 bits per heavy atom. The molecule has 0 radical (unpaired) electrons. The van der Waals surface area contributed by atoms with E-state index in [2.05, 4.69) is 10.3 Å². The normalized spacial score (nSPS) is 11.4. The van der Waals surface area contributed by atoms with Gasteiger partial charge in [-0.1, -0.05) is 0 Å². The van der Waals surface area contributed by atoms with Crippen LogP contribution in [0.15, 0.2) is 6.07 Å². The van der Waals surface area contributed by atoms with Gasteiger partial charge in [0.1, 0.15) is 11.9 Å². The van der Waals surface area contributed by atoms with E-state index in [1.165, 1.54) is 6.07 Å². The van der Waals surface area contributed by atoms with E-state index in [0.717, 1.165) is 0 Å². The van der Waals surface area contributed by atoms with Crippen LogP contribution in [0.25, 0.3) is 0 Å². The van der Waals surface area contributed by atoms with Gasteiger partial charge in [0.2, 0.25) is 5.78 Å². The maximum absolute atomic E-state index is 11.4. The molecule has 94 valence electrons. The second-order valence-electron chi connectivity index (χ2n) is 3.74. The van der Waals surface area contributed by atoms with Crippen LogP contribution in [-0.2, 0) is 4.79 Å². The highest BCUT2D eigenvalue weighted by Crippen LogP contribution is 2.22. The topological polar surface area (TPSA) is 105 Å². The molecular formula is C12H13N3O3. The lowest BCUT2D eigenvalue weighted by Crippen LogP contribution is -2.23. The molecule has 0 aliphatic heterocycles. The zero-order chi connectivity index (χ0) is 13.9. The number of aryl methyl sites for hydroxylation is 2. The number of rotatable bonds is 3. The summed E-state index contributed by atoms with van der Waals surface area (Å²) in [6, 6.07) is 0.557. The minimum absolute atomic E-state index is 0.182. The van der Waals surface area contributed by atoms with Crippen LogP contribution in [0.4, 0.5) is 10.6 Å². The number of pyridine rings is 1. The van der Waals surface area contributed by atoms with Crippen LogP contribution in [0, 0.1) is 26.2 Å². The van der Waals surface area contributed by atoms with E-state index >= 15 is 0 Å². The number of anilines is 1. The Balaban J connectivity index is 3.21. The summed E-state index contributed by atoms with van der Waals surface area (Å²) in [5, 5.41) is 10.7. The summed E-state index contributed by atoms with van der Waals surface area (Å²) in [6.07, 6.45) is 3.81. The number of carbonyl (C=O) groups is 2. The van der Waals surface area contributed by atoms with Crippen LogP contribution < -0.4 is 11.1 Å². The number of carboxylic acid groups (broad SMARTS) is 1. The number of hydrogen-bond donors (Lipinski definition) is 3. The van der Waals surface area contributed by atoms with E-state index in [1.54, 1.807) is 13.8 Å². The summed E-state index contributed by atoms with van der Waals surface area (Å²) >= 11 is 0. The third kappa shape index (κ3) is 2.84. The zero-order valence-electron chi connectivity index (χ0n) is 10.0. The molecule has 0 aliphatic rings. The molecule has 1 aromatic heterocycles. The number of nitrogens with two attached hydrogens (primary N) is 1. The molecule has 1 unspecified atom stereocenters. The molecule has 1 rings (SSSR count). The highest BCUT2D eigenvalue weighted by atomic mass is 16.4. The van der Waals surface area contributed by atoms with Crippen LogP contribution in [0.1, 0.15) is 22.9 Å². The monoisotopic (exact) mass is 247 g/mol. The van der Waals surface area contributed by atoms with E-state index in [1.807, 2.05) is 5.92 Å². The second-order valence-corrected chi connectivity index (χ2v) is 3.74. The van der Waals surface area contributed by atoms with Gasteiger partial charge in [-0.25, -0.2) is 9.78 Å². The molecule has 0 saturated carbocycles. The molecular weight excluding hydrogens is 234 g/mol. The number of amides is 1. The number of terminal acetylenes is 1. The van der Waals surface area contributed by atoms with Gasteiger partial charge < -0.3 is 10.8 Å². The van der Waals surface area contributed by atoms with Crippen molar-refractivity contribution in [2.75, 3.05) is 5.32 Å². The van der Waals surface area contributed by atoms with E-state index < -0.39 is 17.9 Å². The molecule has 0 saturated heterocycles. The van der Waals surface area contributed by atoms with Crippen molar-refractivity contribution in [2.24, 2.45) is 5.73 Å². The Labute approximate surface area is 104 Å². The molecule has 1 atom stereocenters. The first-order valence-corrected chi connectivity index (χ1v) is 5.11. The van der Waals surface area contributed by atoms with E-state index in [4.69, 9.17) is 17.3 Å². The summed E-state index contributed by atoms with van der Waals surface area (Å²) in [7, 11) is 0. The van der Waals surface area contributed by atoms with Gasteiger partial charge in [0, 0.05) is 11.3 Å². The number of Topliss-reactive ketones (excluding diaryl/α,β-unsaturated/α-hetero) is 1. The first kappa shape index (κ1) is 13.7. The molecule has 6 heteroatoms. The maximum Gasteiger partial charge on any atom is 0.410 e. The van der Waals surface area contributed by atoms with Gasteiger partial charge >= 0.3 is 6.09 Å². The van der Waals surface area contributed by atoms with Crippen molar-refractivity contribution >= 4 is 17.7 Å². The van der Waals surface area contributed by atoms with E-state index in [9.17, 15) is 9.59 Å². The van der Waals surface area contributed by atoms with Gasteiger partial charge in [0.15, 0.2) is 0 Å². The third-order valence-electron chi connectivity index (χ3n) is 2.43. The predicted molar refractivity (Wildman–Crippen MR) is 66.1 cm³/mol. The molecule has 1 aromatic rings. The third-order valence-corrected chi connectivity index (χ3v) is 2.43. The van der Waals surface area contributed by atoms with E-state index in [0.29, 0.717) is 16.8 Å². The van der Waals surface area contributed by atoms with Crippen molar-refractivity contribution in [3.63, 3.8) is 0 Å². The van der Waals surface area contributed by atoms with Crippen molar-refractivity contribution < 1.29 is 14.7 Å².